The number of carbonyl (C=O) groups is 1. The van der Waals surface area contributed by atoms with Crippen LogP contribution in [0.3, 0.4) is 0 Å². The van der Waals surface area contributed by atoms with Gasteiger partial charge < -0.3 is 5.11 Å². The third-order valence-corrected chi connectivity index (χ3v) is 2.29. The second-order valence-corrected chi connectivity index (χ2v) is 3.16. The smallest absolute Gasteiger partial charge is 0.337 e. The average Bonchev–Trinajstić information content (AvgIpc) is 2.16. The van der Waals surface area contributed by atoms with Crippen molar-refractivity contribution in [3.8, 4) is 0 Å². The van der Waals surface area contributed by atoms with E-state index in [2.05, 4.69) is 4.98 Å². The van der Waals surface area contributed by atoms with Gasteiger partial charge in [0.15, 0.2) is 0 Å². The van der Waals surface area contributed by atoms with E-state index in [4.69, 9.17) is 16.7 Å². The molecule has 0 saturated heterocycles. The molecule has 3 nitrogen and oxygen atoms in total. The molecule has 1 rings (SSSR count). The van der Waals surface area contributed by atoms with E-state index in [1.165, 1.54) is 6.92 Å². The first-order valence-corrected chi connectivity index (χ1v) is 4.58. The molecule has 0 atom stereocenters. The van der Waals surface area contributed by atoms with Crippen LogP contribution in [0.4, 0.5) is 8.78 Å². The van der Waals surface area contributed by atoms with E-state index in [0.29, 0.717) is 5.69 Å². The highest BCUT2D eigenvalue weighted by molar-refractivity contribution is 6.17. The summed E-state index contributed by atoms with van der Waals surface area (Å²) >= 11 is 5.49. The van der Waals surface area contributed by atoms with Crippen molar-refractivity contribution in [1.29, 1.82) is 0 Å². The van der Waals surface area contributed by atoms with Crippen LogP contribution in [0.5, 0.6) is 0 Å². The number of aryl methyl sites for hydroxylation is 1. The molecule has 15 heavy (non-hydrogen) atoms. The predicted molar refractivity (Wildman–Crippen MR) is 50.4 cm³/mol. The third kappa shape index (κ3) is 2.23. The SMILES string of the molecule is Cc1ncc(C(=O)O)c(C(F)F)c1CCl. The van der Waals surface area contributed by atoms with Gasteiger partial charge in [-0.25, -0.2) is 13.6 Å². The normalized spacial score (nSPS) is 10.7. The molecule has 0 fully saturated rings. The van der Waals surface area contributed by atoms with E-state index < -0.39 is 23.5 Å². The molecule has 82 valence electrons. The minimum Gasteiger partial charge on any atom is -0.478 e. The second kappa shape index (κ2) is 4.53. The second-order valence-electron chi connectivity index (χ2n) is 2.89. The van der Waals surface area contributed by atoms with Crippen molar-refractivity contribution in [2.45, 2.75) is 19.2 Å². The van der Waals surface area contributed by atoms with Crippen LogP contribution in [0.1, 0.15) is 33.6 Å². The fourth-order valence-corrected chi connectivity index (χ4v) is 1.59. The standard InChI is InChI=1S/C9H8ClF2NO2/c1-4-5(2-10)7(8(11)12)6(3-13-4)9(14)15/h3,8H,2H2,1H3,(H,14,15). The van der Waals surface area contributed by atoms with Crippen LogP contribution >= 0.6 is 11.6 Å². The Hall–Kier alpha value is -1.23. The molecular weight excluding hydrogens is 228 g/mol. The molecule has 1 N–H and O–H groups in total. The summed E-state index contributed by atoms with van der Waals surface area (Å²) in [5.74, 6) is -1.61. The Balaban J connectivity index is 3.49. The first kappa shape index (κ1) is 11.8. The van der Waals surface area contributed by atoms with Crippen molar-refractivity contribution < 1.29 is 18.7 Å². The van der Waals surface area contributed by atoms with Gasteiger partial charge in [0.2, 0.25) is 0 Å². The Morgan fingerprint density at radius 2 is 2.27 bits per heavy atom. The summed E-state index contributed by atoms with van der Waals surface area (Å²) in [4.78, 5) is 14.4. The van der Waals surface area contributed by atoms with Crippen molar-refractivity contribution in [3.63, 3.8) is 0 Å². The van der Waals surface area contributed by atoms with Crippen molar-refractivity contribution in [3.05, 3.63) is 28.6 Å². The third-order valence-electron chi connectivity index (χ3n) is 2.02. The van der Waals surface area contributed by atoms with E-state index in [9.17, 15) is 13.6 Å². The number of carboxylic acids is 1. The van der Waals surface area contributed by atoms with Crippen molar-refractivity contribution in [2.75, 3.05) is 0 Å². The maximum absolute atomic E-state index is 12.7. The fourth-order valence-electron chi connectivity index (χ4n) is 1.25. The lowest BCUT2D eigenvalue weighted by atomic mass is 10.0. The fraction of sp³-hybridized carbons (Fsp3) is 0.333. The maximum atomic E-state index is 12.7. The number of aromatic carboxylic acids is 1. The Morgan fingerprint density at radius 1 is 1.67 bits per heavy atom. The highest BCUT2D eigenvalue weighted by atomic mass is 35.5. The lowest BCUT2D eigenvalue weighted by molar-refractivity contribution is 0.0683. The van der Waals surface area contributed by atoms with E-state index in [1.807, 2.05) is 0 Å². The lowest BCUT2D eigenvalue weighted by Gasteiger charge is -2.11. The quantitative estimate of drug-likeness (QED) is 0.820. The Kier molecular flexibility index (Phi) is 3.57. The zero-order chi connectivity index (χ0) is 11.6. The molecule has 0 spiro atoms. The van der Waals surface area contributed by atoms with Gasteiger partial charge >= 0.3 is 5.97 Å². The molecule has 0 bridgehead atoms. The monoisotopic (exact) mass is 235 g/mol. The number of hydrogen-bond donors (Lipinski definition) is 1. The molecule has 0 radical (unpaired) electrons. The van der Waals surface area contributed by atoms with Crippen LogP contribution in [0, 0.1) is 6.92 Å². The number of alkyl halides is 3. The molecule has 0 aromatic carbocycles. The van der Waals surface area contributed by atoms with Crippen molar-refractivity contribution in [1.82, 2.24) is 4.98 Å². The van der Waals surface area contributed by atoms with Gasteiger partial charge in [-0.1, -0.05) is 0 Å². The number of halogens is 3. The van der Waals surface area contributed by atoms with Crippen molar-refractivity contribution >= 4 is 17.6 Å². The minimum absolute atomic E-state index is 0.0894. The molecule has 0 saturated carbocycles. The Morgan fingerprint density at radius 3 is 2.67 bits per heavy atom. The Labute approximate surface area is 89.7 Å². The maximum Gasteiger partial charge on any atom is 0.337 e. The van der Waals surface area contributed by atoms with Gasteiger partial charge in [-0.05, 0) is 12.5 Å². The first-order chi connectivity index (χ1) is 6.99. The number of rotatable bonds is 3. The number of hydrogen-bond acceptors (Lipinski definition) is 2. The van der Waals surface area contributed by atoms with Crippen LogP contribution in [0.25, 0.3) is 0 Å². The molecule has 1 aromatic rings. The Bertz CT molecular complexity index is 396. The minimum atomic E-state index is -2.87. The lowest BCUT2D eigenvalue weighted by Crippen LogP contribution is -2.09. The molecular formula is C9H8ClF2NO2. The molecule has 0 aliphatic rings. The molecule has 1 aromatic heterocycles. The average molecular weight is 236 g/mol. The van der Waals surface area contributed by atoms with Gasteiger partial charge in [0.25, 0.3) is 6.43 Å². The van der Waals surface area contributed by atoms with Gasteiger partial charge in [-0.2, -0.15) is 0 Å². The topological polar surface area (TPSA) is 50.2 Å². The number of pyridine rings is 1. The van der Waals surface area contributed by atoms with Crippen LogP contribution in [0.2, 0.25) is 0 Å². The van der Waals surface area contributed by atoms with E-state index >= 15 is 0 Å². The predicted octanol–water partition coefficient (Wildman–Crippen LogP) is 2.76. The van der Waals surface area contributed by atoms with Gasteiger partial charge in [0.1, 0.15) is 0 Å². The zero-order valence-electron chi connectivity index (χ0n) is 7.80. The molecule has 0 amide bonds. The summed E-state index contributed by atoms with van der Waals surface area (Å²) in [6, 6.07) is 0. The highest BCUT2D eigenvalue weighted by Gasteiger charge is 2.23. The van der Waals surface area contributed by atoms with E-state index in [-0.39, 0.29) is 11.4 Å². The highest BCUT2D eigenvalue weighted by Crippen LogP contribution is 2.29. The first-order valence-electron chi connectivity index (χ1n) is 4.04. The largest absolute Gasteiger partial charge is 0.478 e. The summed E-state index contributed by atoms with van der Waals surface area (Å²) in [6.07, 6.45) is -1.94. The summed E-state index contributed by atoms with van der Waals surface area (Å²) in [6.45, 7) is 1.51. The van der Waals surface area contributed by atoms with Gasteiger partial charge in [-0.15, -0.1) is 11.6 Å². The van der Waals surface area contributed by atoms with Gasteiger partial charge in [0.05, 0.1) is 5.56 Å². The van der Waals surface area contributed by atoms with E-state index in [0.717, 1.165) is 6.20 Å². The van der Waals surface area contributed by atoms with Crippen LogP contribution < -0.4 is 0 Å². The summed E-state index contributed by atoms with van der Waals surface area (Å²) < 4.78 is 25.3. The van der Waals surface area contributed by atoms with Crippen LogP contribution in [-0.4, -0.2) is 16.1 Å². The zero-order valence-corrected chi connectivity index (χ0v) is 8.55. The summed E-state index contributed by atoms with van der Waals surface area (Å²) in [7, 11) is 0. The molecule has 0 aliphatic heterocycles. The van der Waals surface area contributed by atoms with Crippen LogP contribution in [-0.2, 0) is 5.88 Å². The van der Waals surface area contributed by atoms with Gasteiger partial charge in [0, 0.05) is 23.3 Å². The van der Waals surface area contributed by atoms with Crippen LogP contribution in [0.15, 0.2) is 6.20 Å². The van der Waals surface area contributed by atoms with E-state index in [1.54, 1.807) is 0 Å². The van der Waals surface area contributed by atoms with Crippen molar-refractivity contribution in [2.24, 2.45) is 0 Å². The number of carboxylic acid groups (broad SMARTS) is 1. The molecule has 0 unspecified atom stereocenters. The molecule has 1 heterocycles. The molecule has 6 heteroatoms. The number of aromatic nitrogens is 1. The molecule has 0 aliphatic carbocycles. The summed E-state index contributed by atoms with van der Waals surface area (Å²) in [5.41, 5.74) is -0.617. The summed E-state index contributed by atoms with van der Waals surface area (Å²) in [5, 5.41) is 8.71. The van der Waals surface area contributed by atoms with Gasteiger partial charge in [-0.3, -0.25) is 4.98 Å². The number of nitrogens with zero attached hydrogens (tertiary/aromatic N) is 1.